The van der Waals surface area contributed by atoms with Gasteiger partial charge in [0, 0.05) is 31.9 Å². The van der Waals surface area contributed by atoms with Crippen molar-refractivity contribution in [3.63, 3.8) is 0 Å². The van der Waals surface area contributed by atoms with Gasteiger partial charge in [-0.05, 0) is 38.3 Å². The molecule has 5 rings (SSSR count). The van der Waals surface area contributed by atoms with E-state index in [1.807, 2.05) is 50.2 Å². The summed E-state index contributed by atoms with van der Waals surface area (Å²) in [6.07, 6.45) is 2.44. The zero-order chi connectivity index (χ0) is 25.9. The number of methoxy groups -OCH3 is 1. The second-order valence-corrected chi connectivity index (χ2v) is 10.5. The van der Waals surface area contributed by atoms with E-state index in [0.717, 1.165) is 37.7 Å². The van der Waals surface area contributed by atoms with Crippen molar-refractivity contribution in [1.82, 2.24) is 19.9 Å². The van der Waals surface area contributed by atoms with E-state index in [0.29, 0.717) is 31.2 Å². The first-order valence-corrected chi connectivity index (χ1v) is 13.3. The number of benzene rings is 1. The van der Waals surface area contributed by atoms with E-state index in [-0.39, 0.29) is 24.6 Å². The molecule has 3 aromatic heterocycles. The first-order chi connectivity index (χ1) is 18.0. The predicted octanol–water partition coefficient (Wildman–Crippen LogP) is 4.11. The number of pyridine rings is 1. The van der Waals surface area contributed by atoms with Gasteiger partial charge in [0.25, 0.3) is 0 Å². The number of aliphatic hydroxyl groups is 2. The van der Waals surface area contributed by atoms with Crippen LogP contribution in [0.2, 0.25) is 0 Å². The van der Waals surface area contributed by atoms with Crippen molar-refractivity contribution in [1.29, 1.82) is 0 Å². The Kier molecular flexibility index (Phi) is 7.61. The normalized spacial score (nSPS) is 20.3. The fraction of sp³-hybridized carbons (Fsp3) is 0.407. The Labute approximate surface area is 220 Å². The van der Waals surface area contributed by atoms with Crippen molar-refractivity contribution >= 4 is 33.3 Å². The Balaban J connectivity index is 1.54. The summed E-state index contributed by atoms with van der Waals surface area (Å²) in [7, 11) is 1.67. The van der Waals surface area contributed by atoms with Crippen LogP contribution in [0.15, 0.2) is 42.6 Å². The maximum atomic E-state index is 10.4. The van der Waals surface area contributed by atoms with Crippen molar-refractivity contribution < 1.29 is 14.9 Å². The largest absolute Gasteiger partial charge is 0.396 e. The average molecular weight is 521 g/mol. The summed E-state index contributed by atoms with van der Waals surface area (Å²) in [6.45, 7) is 4.32. The van der Waals surface area contributed by atoms with E-state index < -0.39 is 6.10 Å². The maximum absolute atomic E-state index is 10.4. The zero-order valence-corrected chi connectivity index (χ0v) is 22.0. The summed E-state index contributed by atoms with van der Waals surface area (Å²) in [5.74, 6) is 0.979. The Hall–Kier alpha value is -3.18. The van der Waals surface area contributed by atoms with Gasteiger partial charge in [0.1, 0.15) is 16.3 Å². The van der Waals surface area contributed by atoms with Gasteiger partial charge in [-0.15, -0.1) is 11.3 Å². The molecule has 9 nitrogen and oxygen atoms in total. The number of ether oxygens (including phenoxy) is 1. The van der Waals surface area contributed by atoms with E-state index in [9.17, 15) is 10.2 Å². The van der Waals surface area contributed by atoms with Crippen LogP contribution in [0.1, 0.15) is 35.8 Å². The van der Waals surface area contributed by atoms with E-state index in [1.54, 1.807) is 24.6 Å². The highest BCUT2D eigenvalue weighted by molar-refractivity contribution is 7.21. The lowest BCUT2D eigenvalue weighted by atomic mass is 10.1. The van der Waals surface area contributed by atoms with Gasteiger partial charge >= 0.3 is 0 Å². The molecule has 0 amide bonds. The quantitative estimate of drug-likeness (QED) is 0.258. The Morgan fingerprint density at radius 1 is 1.08 bits per heavy atom. The van der Waals surface area contributed by atoms with E-state index in [1.165, 1.54) is 0 Å². The Bertz CT molecular complexity index is 1370. The molecular weight excluding hydrogens is 488 g/mol. The molecule has 3 heterocycles. The molecule has 4 N–H and O–H groups in total. The van der Waals surface area contributed by atoms with Crippen LogP contribution in [-0.2, 0) is 4.74 Å². The molecule has 10 heteroatoms. The molecule has 4 aromatic rings. The smallest absolute Gasteiger partial charge is 0.225 e. The number of thiazole rings is 1. The third kappa shape index (κ3) is 5.42. The molecule has 1 aliphatic rings. The molecule has 1 fully saturated rings. The molecule has 0 bridgehead atoms. The Morgan fingerprint density at radius 3 is 2.59 bits per heavy atom. The number of hydrogen-bond acceptors (Lipinski definition) is 10. The van der Waals surface area contributed by atoms with Crippen LogP contribution in [0, 0.1) is 19.8 Å². The number of rotatable bonds is 9. The van der Waals surface area contributed by atoms with Gasteiger partial charge in [-0.25, -0.2) is 9.97 Å². The van der Waals surface area contributed by atoms with Crippen molar-refractivity contribution in [2.75, 3.05) is 31.0 Å². The van der Waals surface area contributed by atoms with Gasteiger partial charge in [-0.2, -0.15) is 4.98 Å². The molecule has 4 atom stereocenters. The number of aromatic nitrogens is 4. The summed E-state index contributed by atoms with van der Waals surface area (Å²) in [5, 5.41) is 27.8. The minimum atomic E-state index is -0.549. The van der Waals surface area contributed by atoms with Crippen LogP contribution in [0.3, 0.4) is 0 Å². The van der Waals surface area contributed by atoms with Crippen LogP contribution in [0.5, 0.6) is 0 Å². The minimum absolute atomic E-state index is 0.0327. The number of aliphatic hydroxyl groups excluding tert-OH is 2. The highest BCUT2D eigenvalue weighted by atomic mass is 32.1. The SMILES string of the molecule is COC[C@@H](Nc1nc(C)c(-c2nc3c(C)nccc3s2)c(NC2CC(CO)[C@@H](O)C2)n1)c1ccccc1. The number of nitrogens with zero attached hydrogens (tertiary/aromatic N) is 4. The molecule has 0 aliphatic heterocycles. The standard InChI is InChI=1S/C27H32N6O3S/c1-15-23(26-32-24-16(2)28-10-9-22(24)37-26)25(30-19-11-18(13-34)21(35)12-19)33-27(29-15)31-20(14-36-3)17-7-5-4-6-8-17/h4-10,18-21,34-35H,11-14H2,1-3H3,(H2,29,30,31,33)/t18?,19?,20-,21+/m1/s1. The van der Waals surface area contributed by atoms with Crippen molar-refractivity contribution in [3.8, 4) is 10.6 Å². The lowest BCUT2D eigenvalue weighted by molar-refractivity contribution is 0.0908. The molecule has 1 saturated carbocycles. The fourth-order valence-corrected chi connectivity index (χ4v) is 6.04. The third-order valence-corrected chi connectivity index (χ3v) is 7.90. The van der Waals surface area contributed by atoms with Crippen LogP contribution in [0.25, 0.3) is 20.8 Å². The first kappa shape index (κ1) is 25.5. The molecule has 1 aliphatic carbocycles. The highest BCUT2D eigenvalue weighted by Crippen LogP contribution is 2.38. The predicted molar refractivity (Wildman–Crippen MR) is 146 cm³/mol. The molecule has 0 radical (unpaired) electrons. The summed E-state index contributed by atoms with van der Waals surface area (Å²) in [4.78, 5) is 19.0. The van der Waals surface area contributed by atoms with Crippen molar-refractivity contribution in [2.24, 2.45) is 5.92 Å². The second kappa shape index (κ2) is 11.1. The van der Waals surface area contributed by atoms with Crippen LogP contribution in [0.4, 0.5) is 11.8 Å². The van der Waals surface area contributed by atoms with Crippen LogP contribution < -0.4 is 10.6 Å². The molecule has 0 spiro atoms. The highest BCUT2D eigenvalue weighted by Gasteiger charge is 2.33. The number of aryl methyl sites for hydroxylation is 2. The minimum Gasteiger partial charge on any atom is -0.396 e. The third-order valence-electron chi connectivity index (χ3n) is 6.87. The van der Waals surface area contributed by atoms with Gasteiger partial charge in [-0.1, -0.05) is 30.3 Å². The summed E-state index contributed by atoms with van der Waals surface area (Å²) in [6, 6.07) is 11.9. The number of anilines is 2. The number of nitrogens with one attached hydrogen (secondary N) is 2. The summed E-state index contributed by atoms with van der Waals surface area (Å²) >= 11 is 1.58. The topological polar surface area (TPSA) is 125 Å². The van der Waals surface area contributed by atoms with Gasteiger partial charge in [0.2, 0.25) is 5.95 Å². The maximum Gasteiger partial charge on any atom is 0.225 e. The van der Waals surface area contributed by atoms with E-state index in [2.05, 4.69) is 15.6 Å². The molecule has 1 aromatic carbocycles. The van der Waals surface area contributed by atoms with Gasteiger partial charge in [0.15, 0.2) is 0 Å². The molecule has 0 saturated heterocycles. The van der Waals surface area contributed by atoms with Gasteiger partial charge in [-0.3, -0.25) is 4.98 Å². The van der Waals surface area contributed by atoms with E-state index >= 15 is 0 Å². The van der Waals surface area contributed by atoms with Gasteiger partial charge < -0.3 is 25.6 Å². The number of fused-ring (bicyclic) bond motifs is 1. The monoisotopic (exact) mass is 520 g/mol. The van der Waals surface area contributed by atoms with Crippen LogP contribution >= 0.6 is 11.3 Å². The van der Waals surface area contributed by atoms with Crippen molar-refractivity contribution in [2.45, 2.75) is 44.9 Å². The summed E-state index contributed by atoms with van der Waals surface area (Å²) < 4.78 is 6.52. The van der Waals surface area contributed by atoms with E-state index in [4.69, 9.17) is 19.7 Å². The second-order valence-electron chi connectivity index (χ2n) is 9.50. The number of hydrogen-bond donors (Lipinski definition) is 4. The molecule has 194 valence electrons. The van der Waals surface area contributed by atoms with Crippen LogP contribution in [-0.4, -0.2) is 62.6 Å². The summed E-state index contributed by atoms with van der Waals surface area (Å²) in [5.41, 5.74) is 4.43. The van der Waals surface area contributed by atoms with Crippen molar-refractivity contribution in [3.05, 3.63) is 59.5 Å². The first-order valence-electron chi connectivity index (χ1n) is 12.4. The lowest BCUT2D eigenvalue weighted by Gasteiger charge is -2.21. The lowest BCUT2D eigenvalue weighted by Crippen LogP contribution is -2.21. The zero-order valence-electron chi connectivity index (χ0n) is 21.2. The van der Waals surface area contributed by atoms with Gasteiger partial charge in [0.05, 0.1) is 40.4 Å². The molecular formula is C27H32N6O3S. The average Bonchev–Trinajstić information content (AvgIpc) is 3.47. The molecule has 2 unspecified atom stereocenters. The Morgan fingerprint density at radius 2 is 1.89 bits per heavy atom. The fourth-order valence-electron chi connectivity index (χ4n) is 4.93. The molecule has 37 heavy (non-hydrogen) atoms.